The minimum absolute atomic E-state index is 0.138. The second-order valence-electron chi connectivity index (χ2n) is 8.80. The van der Waals surface area contributed by atoms with Gasteiger partial charge in [0.15, 0.2) is 5.69 Å². The molecule has 0 spiro atoms. The maximum absolute atomic E-state index is 13.2. The van der Waals surface area contributed by atoms with Gasteiger partial charge in [-0.2, -0.15) is 5.10 Å². The molecule has 8 heteroatoms. The number of nitrogens with one attached hydrogen (secondary N) is 2. The smallest absolute Gasteiger partial charge is 0.274 e. The first-order valence-corrected chi connectivity index (χ1v) is 11.7. The van der Waals surface area contributed by atoms with Crippen molar-refractivity contribution >= 4 is 28.4 Å². The van der Waals surface area contributed by atoms with Crippen LogP contribution >= 0.6 is 0 Å². The Morgan fingerprint density at radius 3 is 2.56 bits per heavy atom. The highest BCUT2D eigenvalue weighted by molar-refractivity contribution is 6.09. The van der Waals surface area contributed by atoms with Gasteiger partial charge in [-0.05, 0) is 55.3 Å². The van der Waals surface area contributed by atoms with E-state index in [0.29, 0.717) is 17.0 Å². The lowest BCUT2D eigenvalue weighted by molar-refractivity contribution is 0.0943. The highest BCUT2D eigenvalue weighted by atomic mass is 16.3. The molecule has 8 nitrogen and oxygen atoms in total. The van der Waals surface area contributed by atoms with Gasteiger partial charge in [-0.1, -0.05) is 30.3 Å². The van der Waals surface area contributed by atoms with Crippen LogP contribution in [0.25, 0.3) is 10.9 Å². The first-order valence-electron chi connectivity index (χ1n) is 11.7. The summed E-state index contributed by atoms with van der Waals surface area (Å²) in [6.45, 7) is 5.16. The summed E-state index contributed by atoms with van der Waals surface area (Å²) in [4.78, 5) is 25.9. The summed E-state index contributed by atoms with van der Waals surface area (Å²) in [5.41, 5.74) is 5.57. The number of benzene rings is 2. The van der Waals surface area contributed by atoms with Crippen LogP contribution in [-0.2, 0) is 20.1 Å². The van der Waals surface area contributed by atoms with Gasteiger partial charge >= 0.3 is 0 Å². The second kappa shape index (κ2) is 9.58. The monoisotopic (exact) mass is 481 g/mol. The number of nitrogens with zero attached hydrogens (tertiary/aromatic N) is 3. The fourth-order valence-electron chi connectivity index (χ4n) is 4.37. The summed E-state index contributed by atoms with van der Waals surface area (Å²) in [5, 5.41) is 10.9. The molecule has 0 aliphatic carbocycles. The molecule has 36 heavy (non-hydrogen) atoms. The van der Waals surface area contributed by atoms with Crippen molar-refractivity contribution in [1.29, 1.82) is 0 Å². The van der Waals surface area contributed by atoms with E-state index < -0.39 is 5.91 Å². The van der Waals surface area contributed by atoms with Crippen molar-refractivity contribution in [2.45, 2.75) is 26.9 Å². The lowest BCUT2D eigenvalue weighted by Crippen LogP contribution is -2.25. The van der Waals surface area contributed by atoms with Crippen molar-refractivity contribution in [3.05, 3.63) is 107 Å². The highest BCUT2D eigenvalue weighted by Gasteiger charge is 2.20. The number of rotatable bonds is 7. The number of amides is 2. The predicted molar refractivity (Wildman–Crippen MR) is 138 cm³/mol. The molecule has 0 atom stereocenters. The van der Waals surface area contributed by atoms with Crippen molar-refractivity contribution in [1.82, 2.24) is 19.7 Å². The Morgan fingerprint density at radius 1 is 1.00 bits per heavy atom. The summed E-state index contributed by atoms with van der Waals surface area (Å²) < 4.78 is 9.02. The molecule has 2 N–H and O–H groups in total. The van der Waals surface area contributed by atoms with Gasteiger partial charge < -0.3 is 19.6 Å². The van der Waals surface area contributed by atoms with Crippen LogP contribution < -0.4 is 10.6 Å². The molecule has 3 aromatic heterocycles. The molecule has 0 aliphatic heterocycles. The molecule has 5 rings (SSSR count). The number of hydrogen-bond donors (Lipinski definition) is 2. The molecule has 5 aromatic rings. The average Bonchev–Trinajstić information content (AvgIpc) is 3.59. The van der Waals surface area contributed by atoms with Gasteiger partial charge in [0.25, 0.3) is 11.8 Å². The number of aryl methyl sites for hydroxylation is 2. The van der Waals surface area contributed by atoms with Crippen molar-refractivity contribution in [3.63, 3.8) is 0 Å². The molecule has 0 saturated carbocycles. The van der Waals surface area contributed by atoms with E-state index in [4.69, 9.17) is 4.42 Å². The topological polar surface area (TPSA) is 94.1 Å². The van der Waals surface area contributed by atoms with E-state index in [0.717, 1.165) is 28.7 Å². The molecule has 0 bridgehead atoms. The minimum atomic E-state index is -0.401. The molecule has 0 saturated heterocycles. The normalized spacial score (nSPS) is 11.1. The Morgan fingerprint density at radius 2 is 1.81 bits per heavy atom. The quantitative estimate of drug-likeness (QED) is 0.349. The van der Waals surface area contributed by atoms with Gasteiger partial charge in [0.1, 0.15) is 5.76 Å². The Balaban J connectivity index is 1.37. The lowest BCUT2D eigenvalue weighted by atomic mass is 10.1. The largest absolute Gasteiger partial charge is 0.467 e. The lowest BCUT2D eigenvalue weighted by Gasteiger charge is -2.09. The summed E-state index contributed by atoms with van der Waals surface area (Å²) in [7, 11) is 1.70. The van der Waals surface area contributed by atoms with Crippen molar-refractivity contribution < 1.29 is 14.0 Å². The molecule has 182 valence electrons. The molecule has 3 heterocycles. The highest BCUT2D eigenvalue weighted by Crippen LogP contribution is 2.28. The summed E-state index contributed by atoms with van der Waals surface area (Å²) in [6.07, 6.45) is 3.16. The predicted octanol–water partition coefficient (Wildman–Crippen LogP) is 4.82. The third-order valence-electron chi connectivity index (χ3n) is 6.38. The molecule has 2 amide bonds. The summed E-state index contributed by atoms with van der Waals surface area (Å²) in [6, 6.07) is 19.5. The van der Waals surface area contributed by atoms with Crippen molar-refractivity contribution in [3.8, 4) is 0 Å². The summed E-state index contributed by atoms with van der Waals surface area (Å²) in [5.74, 6) is -0.0805. The zero-order valence-corrected chi connectivity index (χ0v) is 20.4. The Hall–Kier alpha value is -4.59. The molecule has 0 fully saturated rings. The van der Waals surface area contributed by atoms with E-state index in [1.54, 1.807) is 31.6 Å². The maximum atomic E-state index is 13.2. The van der Waals surface area contributed by atoms with Crippen LogP contribution in [0.2, 0.25) is 0 Å². The van der Waals surface area contributed by atoms with Crippen LogP contribution in [0.1, 0.15) is 43.4 Å². The molecule has 0 aliphatic rings. The van der Waals surface area contributed by atoms with Crippen LogP contribution in [0.3, 0.4) is 0 Å². The van der Waals surface area contributed by atoms with E-state index in [-0.39, 0.29) is 18.1 Å². The van der Waals surface area contributed by atoms with Crippen LogP contribution in [0.4, 0.5) is 5.69 Å². The van der Waals surface area contributed by atoms with Gasteiger partial charge in [-0.3, -0.25) is 14.3 Å². The van der Waals surface area contributed by atoms with Crippen LogP contribution in [0.5, 0.6) is 0 Å². The number of hydrogen-bond acceptors (Lipinski definition) is 4. The van der Waals surface area contributed by atoms with Gasteiger partial charge in [-0.15, -0.1) is 0 Å². The molecular formula is C28H27N5O3. The van der Waals surface area contributed by atoms with Gasteiger partial charge in [0.05, 0.1) is 18.5 Å². The zero-order chi connectivity index (χ0) is 25.2. The van der Waals surface area contributed by atoms with Crippen LogP contribution in [0.15, 0.2) is 77.5 Å². The van der Waals surface area contributed by atoms with Crippen LogP contribution in [0, 0.1) is 13.8 Å². The number of carbonyl (C=O) groups is 2. The maximum Gasteiger partial charge on any atom is 0.274 e. The third kappa shape index (κ3) is 4.53. The van der Waals surface area contributed by atoms with E-state index in [2.05, 4.69) is 46.3 Å². The van der Waals surface area contributed by atoms with Crippen molar-refractivity contribution in [2.75, 3.05) is 5.32 Å². The fourth-order valence-corrected chi connectivity index (χ4v) is 4.37. The van der Waals surface area contributed by atoms with Gasteiger partial charge in [-0.25, -0.2) is 0 Å². The third-order valence-corrected chi connectivity index (χ3v) is 6.38. The molecular weight excluding hydrogens is 454 g/mol. The Labute approximate surface area is 208 Å². The number of anilines is 1. The minimum Gasteiger partial charge on any atom is -0.467 e. The summed E-state index contributed by atoms with van der Waals surface area (Å²) >= 11 is 0. The first kappa shape index (κ1) is 23.2. The van der Waals surface area contributed by atoms with E-state index in [1.165, 1.54) is 10.2 Å². The number of fused-ring (bicyclic) bond motifs is 1. The van der Waals surface area contributed by atoms with Crippen LogP contribution in [-0.4, -0.2) is 26.2 Å². The van der Waals surface area contributed by atoms with E-state index >= 15 is 0 Å². The van der Waals surface area contributed by atoms with Crippen molar-refractivity contribution in [2.24, 2.45) is 7.05 Å². The number of aromatic nitrogens is 3. The molecule has 0 radical (unpaired) electrons. The second-order valence-corrected chi connectivity index (χ2v) is 8.80. The SMILES string of the molecule is Cc1c(C)n(Cc2ccccc2)c2ccc(C(=O)Nc3cn(C)nc3C(=O)NCc3ccco3)cc12. The van der Waals surface area contributed by atoms with Gasteiger partial charge in [0.2, 0.25) is 0 Å². The zero-order valence-electron chi connectivity index (χ0n) is 20.4. The average molecular weight is 482 g/mol. The molecule has 2 aromatic carbocycles. The number of furan rings is 1. The Bertz CT molecular complexity index is 1550. The van der Waals surface area contributed by atoms with Gasteiger partial charge in [0, 0.05) is 41.9 Å². The standard InChI is InChI=1S/C28H27N5O3/c1-18-19(2)33(16-20-8-5-4-6-9-20)25-12-11-21(14-23(18)25)27(34)30-24-17-32(3)31-26(24)28(35)29-15-22-10-7-13-36-22/h4-14,17H,15-16H2,1-3H3,(H,29,35)(H,30,34). The van der Waals surface area contributed by atoms with E-state index in [1.807, 2.05) is 36.4 Å². The fraction of sp³-hybridized carbons (Fsp3) is 0.179. The van der Waals surface area contributed by atoms with E-state index in [9.17, 15) is 9.59 Å². The Kier molecular flexibility index (Phi) is 6.16. The number of carbonyl (C=O) groups excluding carboxylic acids is 2. The molecule has 0 unspecified atom stereocenters. The first-order chi connectivity index (χ1) is 17.4.